The van der Waals surface area contributed by atoms with E-state index >= 15 is 0 Å². The molecule has 6 nitrogen and oxygen atoms in total. The van der Waals surface area contributed by atoms with E-state index in [-0.39, 0.29) is 11.8 Å². The van der Waals surface area contributed by atoms with Crippen molar-refractivity contribution < 1.29 is 9.59 Å². The molecule has 1 fully saturated rings. The van der Waals surface area contributed by atoms with E-state index in [9.17, 15) is 9.59 Å². The number of amides is 2. The van der Waals surface area contributed by atoms with Gasteiger partial charge in [0.15, 0.2) is 4.34 Å². The van der Waals surface area contributed by atoms with Crippen LogP contribution in [-0.2, 0) is 16.0 Å². The van der Waals surface area contributed by atoms with Gasteiger partial charge in [-0.05, 0) is 45.1 Å². The highest BCUT2D eigenvalue weighted by molar-refractivity contribution is 8.01. The van der Waals surface area contributed by atoms with Crippen molar-refractivity contribution in [3.8, 4) is 0 Å². The predicted molar refractivity (Wildman–Crippen MR) is 114 cm³/mol. The molecule has 0 radical (unpaired) electrons. The van der Waals surface area contributed by atoms with Gasteiger partial charge >= 0.3 is 0 Å². The number of likely N-dealkylation sites (tertiary alicyclic amines) is 1. The number of carbonyl (C=O) groups is 2. The molecule has 2 aromatic rings. The number of aryl methyl sites for hydroxylation is 1. The number of nitrogens with one attached hydrogen (secondary N) is 1. The minimum atomic E-state index is -0.0800. The van der Waals surface area contributed by atoms with Gasteiger partial charge < -0.3 is 10.2 Å². The summed E-state index contributed by atoms with van der Waals surface area (Å²) in [7, 11) is 0. The van der Waals surface area contributed by atoms with Crippen LogP contribution in [0.5, 0.6) is 0 Å². The molecule has 1 aromatic carbocycles. The Morgan fingerprint density at radius 3 is 2.61 bits per heavy atom. The zero-order chi connectivity index (χ0) is 19.9. The van der Waals surface area contributed by atoms with Crippen LogP contribution >= 0.6 is 23.1 Å². The van der Waals surface area contributed by atoms with E-state index in [2.05, 4.69) is 29.4 Å². The second-order valence-corrected chi connectivity index (χ2v) is 9.33. The molecule has 2 atom stereocenters. The highest BCUT2D eigenvalue weighted by atomic mass is 32.2. The summed E-state index contributed by atoms with van der Waals surface area (Å²) in [6, 6.07) is 10.5. The first-order chi connectivity index (χ1) is 13.5. The molecule has 0 spiro atoms. The van der Waals surface area contributed by atoms with Crippen molar-refractivity contribution in [3.05, 3.63) is 35.9 Å². The van der Waals surface area contributed by atoms with Crippen LogP contribution in [-0.4, -0.2) is 44.7 Å². The van der Waals surface area contributed by atoms with Crippen LogP contribution in [0, 0.1) is 0 Å². The molecule has 0 saturated carbocycles. The fourth-order valence-corrected chi connectivity index (χ4v) is 5.15. The van der Waals surface area contributed by atoms with Crippen molar-refractivity contribution in [2.45, 2.75) is 62.4 Å². The van der Waals surface area contributed by atoms with Crippen LogP contribution in [0.25, 0.3) is 0 Å². The van der Waals surface area contributed by atoms with E-state index < -0.39 is 0 Å². The maximum absolute atomic E-state index is 12.6. The lowest BCUT2D eigenvalue weighted by Gasteiger charge is -2.39. The lowest BCUT2D eigenvalue weighted by Crippen LogP contribution is -2.48. The highest BCUT2D eigenvalue weighted by Crippen LogP contribution is 2.28. The Balaban J connectivity index is 1.44. The number of thioether (sulfide) groups is 1. The van der Waals surface area contributed by atoms with Gasteiger partial charge in [-0.15, -0.1) is 10.2 Å². The van der Waals surface area contributed by atoms with Crippen molar-refractivity contribution in [2.75, 3.05) is 11.1 Å². The van der Waals surface area contributed by atoms with Crippen LogP contribution in [0.15, 0.2) is 34.7 Å². The maximum Gasteiger partial charge on any atom is 0.233 e. The quantitative estimate of drug-likeness (QED) is 0.543. The molecule has 150 valence electrons. The Labute approximate surface area is 174 Å². The van der Waals surface area contributed by atoms with Gasteiger partial charge in [0.1, 0.15) is 0 Å². The third kappa shape index (κ3) is 5.78. The monoisotopic (exact) mass is 418 g/mol. The largest absolute Gasteiger partial charge is 0.337 e. The lowest BCUT2D eigenvalue weighted by molar-refractivity contribution is -0.134. The molecule has 1 saturated heterocycles. The van der Waals surface area contributed by atoms with Crippen LogP contribution in [0.2, 0.25) is 0 Å². The molecule has 1 aliphatic heterocycles. The molecule has 8 heteroatoms. The highest BCUT2D eigenvalue weighted by Gasteiger charge is 2.28. The van der Waals surface area contributed by atoms with Crippen molar-refractivity contribution in [1.82, 2.24) is 15.1 Å². The van der Waals surface area contributed by atoms with Crippen molar-refractivity contribution in [3.63, 3.8) is 0 Å². The third-order valence-corrected chi connectivity index (χ3v) is 6.89. The first-order valence-electron chi connectivity index (χ1n) is 9.64. The normalized spacial score (nSPS) is 19.4. The summed E-state index contributed by atoms with van der Waals surface area (Å²) in [4.78, 5) is 26.7. The van der Waals surface area contributed by atoms with Gasteiger partial charge in [0.2, 0.25) is 16.9 Å². The van der Waals surface area contributed by atoms with Crippen molar-refractivity contribution in [2.24, 2.45) is 0 Å². The number of hydrogen-bond acceptors (Lipinski definition) is 6. The fraction of sp³-hybridized carbons (Fsp3) is 0.500. The second kappa shape index (κ2) is 10.0. The standard InChI is InChI=1S/C20H26N4O2S2/c1-14-7-6-8-15(2)24(14)18(26)13-27-20-23-22-19(28-20)21-17(25)12-11-16-9-4-3-5-10-16/h3-5,9-10,14-15H,6-8,11-13H2,1-2H3,(H,21,22,25)/t14-,15-/m1/s1. The first kappa shape index (κ1) is 20.8. The van der Waals surface area contributed by atoms with Gasteiger partial charge in [-0.25, -0.2) is 0 Å². The molecular formula is C20H26N4O2S2. The van der Waals surface area contributed by atoms with Crippen molar-refractivity contribution >= 4 is 40.0 Å². The number of benzene rings is 1. The van der Waals surface area contributed by atoms with E-state index in [0.29, 0.717) is 40.1 Å². The van der Waals surface area contributed by atoms with Crippen molar-refractivity contribution in [1.29, 1.82) is 0 Å². The molecule has 1 aromatic heterocycles. The lowest BCUT2D eigenvalue weighted by atomic mass is 9.98. The zero-order valence-corrected chi connectivity index (χ0v) is 17.9. The maximum atomic E-state index is 12.6. The SMILES string of the molecule is C[C@@H]1CCC[C@@H](C)N1C(=O)CSc1nnc(NC(=O)CCc2ccccc2)s1. The van der Waals surface area contributed by atoms with Crippen LogP contribution in [0.4, 0.5) is 5.13 Å². The molecule has 3 rings (SSSR count). The predicted octanol–water partition coefficient (Wildman–Crippen LogP) is 3.99. The summed E-state index contributed by atoms with van der Waals surface area (Å²) in [6.45, 7) is 4.23. The smallest absolute Gasteiger partial charge is 0.233 e. The van der Waals surface area contributed by atoms with Gasteiger partial charge in [-0.1, -0.05) is 53.4 Å². The summed E-state index contributed by atoms with van der Waals surface area (Å²) in [5.74, 6) is 0.419. The Morgan fingerprint density at radius 1 is 1.18 bits per heavy atom. The summed E-state index contributed by atoms with van der Waals surface area (Å²) in [6.07, 6.45) is 4.41. The topological polar surface area (TPSA) is 75.2 Å². The van der Waals surface area contributed by atoms with E-state index in [1.807, 2.05) is 35.2 Å². The summed E-state index contributed by atoms with van der Waals surface area (Å²) in [5.41, 5.74) is 1.13. The Bertz CT molecular complexity index is 787. The number of nitrogens with zero attached hydrogens (tertiary/aromatic N) is 3. The molecule has 1 N–H and O–H groups in total. The van der Waals surface area contributed by atoms with Crippen LogP contribution in [0.1, 0.15) is 45.1 Å². The minimum Gasteiger partial charge on any atom is -0.337 e. The Kier molecular flexibility index (Phi) is 7.44. The van der Waals surface area contributed by atoms with Crippen LogP contribution in [0.3, 0.4) is 0 Å². The van der Waals surface area contributed by atoms with Gasteiger partial charge in [-0.2, -0.15) is 0 Å². The zero-order valence-electron chi connectivity index (χ0n) is 16.3. The van der Waals surface area contributed by atoms with E-state index in [1.54, 1.807) is 0 Å². The molecule has 1 aliphatic rings. The number of anilines is 1. The van der Waals surface area contributed by atoms with E-state index in [0.717, 1.165) is 18.4 Å². The number of piperidine rings is 1. The van der Waals surface area contributed by atoms with Crippen LogP contribution < -0.4 is 5.32 Å². The molecule has 28 heavy (non-hydrogen) atoms. The number of hydrogen-bond donors (Lipinski definition) is 1. The van der Waals surface area contributed by atoms with E-state index in [4.69, 9.17) is 0 Å². The number of rotatable bonds is 7. The summed E-state index contributed by atoms with van der Waals surface area (Å²) in [5, 5.41) is 11.4. The molecule has 2 amide bonds. The molecule has 0 aliphatic carbocycles. The Hall–Kier alpha value is -1.93. The van der Waals surface area contributed by atoms with Gasteiger partial charge in [-0.3, -0.25) is 9.59 Å². The molecular weight excluding hydrogens is 392 g/mol. The van der Waals surface area contributed by atoms with Gasteiger partial charge in [0, 0.05) is 18.5 Å². The molecule has 2 heterocycles. The average Bonchev–Trinajstić information content (AvgIpc) is 3.13. The first-order valence-corrected chi connectivity index (χ1v) is 11.4. The number of aromatic nitrogens is 2. The molecule has 0 unspecified atom stereocenters. The third-order valence-electron chi connectivity index (χ3n) is 4.94. The molecule has 0 bridgehead atoms. The Morgan fingerprint density at radius 2 is 1.89 bits per heavy atom. The van der Waals surface area contributed by atoms with Gasteiger partial charge in [0.05, 0.1) is 5.75 Å². The fourth-order valence-electron chi connectivity index (χ4n) is 3.51. The second-order valence-electron chi connectivity index (χ2n) is 7.13. The number of carbonyl (C=O) groups excluding carboxylic acids is 2. The average molecular weight is 419 g/mol. The van der Waals surface area contributed by atoms with Gasteiger partial charge in [0.25, 0.3) is 0 Å². The van der Waals surface area contributed by atoms with E-state index in [1.165, 1.54) is 29.5 Å². The summed E-state index contributed by atoms with van der Waals surface area (Å²) >= 11 is 2.70. The minimum absolute atomic E-state index is 0.0800. The summed E-state index contributed by atoms with van der Waals surface area (Å²) < 4.78 is 0.698.